The molecule has 1 unspecified atom stereocenters. The molecule has 2 aromatic rings. The first-order chi connectivity index (χ1) is 10.8. The number of rotatable bonds is 5. The molecule has 0 saturated carbocycles. The molecule has 1 aliphatic rings. The summed E-state index contributed by atoms with van der Waals surface area (Å²) in [5.74, 6) is 0.880. The van der Waals surface area contributed by atoms with Crippen molar-refractivity contribution in [3.8, 4) is 0 Å². The van der Waals surface area contributed by atoms with Gasteiger partial charge in [-0.1, -0.05) is 36.8 Å². The molecule has 1 aliphatic heterocycles. The maximum absolute atomic E-state index is 4.47. The van der Waals surface area contributed by atoms with Crippen molar-refractivity contribution in [2.75, 3.05) is 18.4 Å². The largest absolute Gasteiger partial charge is 0.367 e. The Hall–Kier alpha value is -1.94. The van der Waals surface area contributed by atoms with Crippen LogP contribution in [-0.2, 0) is 6.54 Å². The van der Waals surface area contributed by atoms with Crippen molar-refractivity contribution in [3.05, 3.63) is 54.0 Å². The number of anilines is 1. The van der Waals surface area contributed by atoms with Crippen molar-refractivity contribution in [2.45, 2.75) is 38.8 Å². The average Bonchev–Trinajstić information content (AvgIpc) is 2.55. The lowest BCUT2D eigenvalue weighted by Gasteiger charge is -2.36. The highest BCUT2D eigenvalue weighted by molar-refractivity contribution is 5.31. The van der Waals surface area contributed by atoms with Crippen LogP contribution in [0.15, 0.2) is 42.7 Å². The molecule has 22 heavy (non-hydrogen) atoms. The predicted octanol–water partition coefficient (Wildman–Crippen LogP) is 3.25. The van der Waals surface area contributed by atoms with Crippen LogP contribution in [-0.4, -0.2) is 34.0 Å². The van der Waals surface area contributed by atoms with Gasteiger partial charge in [-0.15, -0.1) is 0 Å². The van der Waals surface area contributed by atoms with Crippen LogP contribution in [0.2, 0.25) is 0 Å². The minimum atomic E-state index is 0.566. The normalized spacial score (nSPS) is 19.0. The van der Waals surface area contributed by atoms with Crippen molar-refractivity contribution >= 4 is 5.82 Å². The SMILES string of the molecule is Cc1cncc(NCC2CCCCN2Cc2ccccc2)n1. The van der Waals surface area contributed by atoms with Gasteiger partial charge in [0, 0.05) is 25.3 Å². The molecule has 1 saturated heterocycles. The molecule has 0 amide bonds. The van der Waals surface area contributed by atoms with Crippen molar-refractivity contribution in [2.24, 2.45) is 0 Å². The van der Waals surface area contributed by atoms with Gasteiger partial charge in [-0.2, -0.15) is 0 Å². The Morgan fingerprint density at radius 3 is 2.86 bits per heavy atom. The molecule has 0 radical (unpaired) electrons. The van der Waals surface area contributed by atoms with Gasteiger partial charge in [0.25, 0.3) is 0 Å². The summed E-state index contributed by atoms with van der Waals surface area (Å²) in [6.45, 7) is 5.12. The lowest BCUT2D eigenvalue weighted by atomic mass is 10.0. The number of benzene rings is 1. The van der Waals surface area contributed by atoms with Gasteiger partial charge in [0.05, 0.1) is 11.9 Å². The van der Waals surface area contributed by atoms with E-state index in [0.717, 1.165) is 24.6 Å². The summed E-state index contributed by atoms with van der Waals surface area (Å²) in [4.78, 5) is 11.3. The van der Waals surface area contributed by atoms with Gasteiger partial charge in [0.1, 0.15) is 5.82 Å². The Morgan fingerprint density at radius 2 is 2.05 bits per heavy atom. The molecule has 4 heteroatoms. The summed E-state index contributed by atoms with van der Waals surface area (Å²) in [6.07, 6.45) is 7.45. The highest BCUT2D eigenvalue weighted by Crippen LogP contribution is 2.20. The zero-order valence-corrected chi connectivity index (χ0v) is 13.2. The maximum Gasteiger partial charge on any atom is 0.144 e. The number of likely N-dealkylation sites (tertiary alicyclic amines) is 1. The van der Waals surface area contributed by atoms with Gasteiger partial charge < -0.3 is 5.32 Å². The number of aromatic nitrogens is 2. The average molecular weight is 296 g/mol. The third kappa shape index (κ3) is 4.04. The van der Waals surface area contributed by atoms with E-state index in [1.165, 1.54) is 31.4 Å². The number of piperidine rings is 1. The van der Waals surface area contributed by atoms with Gasteiger partial charge >= 0.3 is 0 Å². The highest BCUT2D eigenvalue weighted by atomic mass is 15.2. The third-order valence-electron chi connectivity index (χ3n) is 4.25. The Bertz CT molecular complexity index is 585. The summed E-state index contributed by atoms with van der Waals surface area (Å²) in [7, 11) is 0. The van der Waals surface area contributed by atoms with Gasteiger partial charge in [-0.25, -0.2) is 4.98 Å². The maximum atomic E-state index is 4.47. The Morgan fingerprint density at radius 1 is 1.18 bits per heavy atom. The molecule has 1 atom stereocenters. The first kappa shape index (κ1) is 15.0. The first-order valence-electron chi connectivity index (χ1n) is 8.12. The van der Waals surface area contributed by atoms with E-state index in [2.05, 4.69) is 50.5 Å². The summed E-state index contributed by atoms with van der Waals surface area (Å²) in [5.41, 5.74) is 2.35. The summed E-state index contributed by atoms with van der Waals surface area (Å²) in [6, 6.07) is 11.3. The van der Waals surface area contributed by atoms with E-state index in [1.54, 1.807) is 12.4 Å². The van der Waals surface area contributed by atoms with Gasteiger partial charge in [-0.05, 0) is 31.9 Å². The molecule has 3 rings (SSSR count). The molecule has 2 heterocycles. The fourth-order valence-electron chi connectivity index (χ4n) is 3.09. The van der Waals surface area contributed by atoms with Crippen LogP contribution < -0.4 is 5.32 Å². The van der Waals surface area contributed by atoms with Crippen molar-refractivity contribution in [1.29, 1.82) is 0 Å². The molecule has 0 aliphatic carbocycles. The fourth-order valence-corrected chi connectivity index (χ4v) is 3.09. The van der Waals surface area contributed by atoms with E-state index in [1.807, 2.05) is 6.92 Å². The molecular formula is C18H24N4. The number of hydrogen-bond acceptors (Lipinski definition) is 4. The number of nitrogens with zero attached hydrogens (tertiary/aromatic N) is 3. The molecule has 1 N–H and O–H groups in total. The van der Waals surface area contributed by atoms with E-state index >= 15 is 0 Å². The molecule has 4 nitrogen and oxygen atoms in total. The standard InChI is InChI=1S/C18H24N4/c1-15-11-19-13-18(21-15)20-12-17-9-5-6-10-22(17)14-16-7-3-2-4-8-16/h2-4,7-8,11,13,17H,5-6,9-10,12,14H2,1H3,(H,20,21). The van der Waals surface area contributed by atoms with Crippen LogP contribution in [0, 0.1) is 6.92 Å². The predicted molar refractivity (Wildman–Crippen MR) is 89.7 cm³/mol. The Labute approximate surface area is 132 Å². The second-order valence-electron chi connectivity index (χ2n) is 6.03. The van der Waals surface area contributed by atoms with Crippen LogP contribution in [0.25, 0.3) is 0 Å². The minimum absolute atomic E-state index is 0.566. The molecule has 0 bridgehead atoms. The molecule has 1 aromatic heterocycles. The summed E-state index contributed by atoms with van der Waals surface area (Å²) in [5, 5.41) is 3.46. The van der Waals surface area contributed by atoms with Crippen LogP contribution in [0.1, 0.15) is 30.5 Å². The Kier molecular flexibility index (Phi) is 5.01. The molecule has 0 spiro atoms. The number of hydrogen-bond donors (Lipinski definition) is 1. The molecule has 1 fully saturated rings. The lowest BCUT2D eigenvalue weighted by molar-refractivity contribution is 0.148. The monoisotopic (exact) mass is 296 g/mol. The Balaban J connectivity index is 1.60. The molecular weight excluding hydrogens is 272 g/mol. The quantitative estimate of drug-likeness (QED) is 0.919. The van der Waals surface area contributed by atoms with Crippen LogP contribution in [0.3, 0.4) is 0 Å². The highest BCUT2D eigenvalue weighted by Gasteiger charge is 2.22. The van der Waals surface area contributed by atoms with E-state index in [9.17, 15) is 0 Å². The molecule has 116 valence electrons. The molecule has 1 aromatic carbocycles. The zero-order valence-electron chi connectivity index (χ0n) is 13.2. The fraction of sp³-hybridized carbons (Fsp3) is 0.444. The zero-order chi connectivity index (χ0) is 15.2. The smallest absolute Gasteiger partial charge is 0.144 e. The first-order valence-corrected chi connectivity index (χ1v) is 8.12. The van der Waals surface area contributed by atoms with Crippen molar-refractivity contribution in [3.63, 3.8) is 0 Å². The van der Waals surface area contributed by atoms with E-state index in [0.29, 0.717) is 6.04 Å². The topological polar surface area (TPSA) is 41.1 Å². The van der Waals surface area contributed by atoms with E-state index < -0.39 is 0 Å². The number of aryl methyl sites for hydroxylation is 1. The van der Waals surface area contributed by atoms with E-state index in [-0.39, 0.29) is 0 Å². The van der Waals surface area contributed by atoms with Crippen molar-refractivity contribution in [1.82, 2.24) is 14.9 Å². The van der Waals surface area contributed by atoms with Crippen LogP contribution in [0.5, 0.6) is 0 Å². The van der Waals surface area contributed by atoms with Crippen molar-refractivity contribution < 1.29 is 0 Å². The van der Waals surface area contributed by atoms with Crippen LogP contribution in [0.4, 0.5) is 5.82 Å². The second kappa shape index (κ2) is 7.36. The minimum Gasteiger partial charge on any atom is -0.367 e. The summed E-state index contributed by atoms with van der Waals surface area (Å²) >= 11 is 0. The van der Waals surface area contributed by atoms with Gasteiger partial charge in [0.15, 0.2) is 0 Å². The van der Waals surface area contributed by atoms with Gasteiger partial charge in [-0.3, -0.25) is 9.88 Å². The third-order valence-corrected chi connectivity index (χ3v) is 4.25. The van der Waals surface area contributed by atoms with Gasteiger partial charge in [0.2, 0.25) is 0 Å². The number of nitrogens with one attached hydrogen (secondary N) is 1. The lowest BCUT2D eigenvalue weighted by Crippen LogP contribution is -2.43. The second-order valence-corrected chi connectivity index (χ2v) is 6.03. The van der Waals surface area contributed by atoms with Crippen LogP contribution >= 0.6 is 0 Å². The summed E-state index contributed by atoms with van der Waals surface area (Å²) < 4.78 is 0. The van der Waals surface area contributed by atoms with E-state index in [4.69, 9.17) is 0 Å².